The van der Waals surface area contributed by atoms with Crippen molar-refractivity contribution in [3.63, 3.8) is 0 Å². The van der Waals surface area contributed by atoms with E-state index < -0.39 is 0 Å². The summed E-state index contributed by atoms with van der Waals surface area (Å²) in [4.78, 5) is 0. The Morgan fingerprint density at radius 2 is 1.31 bits per heavy atom. The molecule has 0 bridgehead atoms. The Morgan fingerprint density at radius 3 is 1.94 bits per heavy atom. The van der Waals surface area contributed by atoms with Gasteiger partial charge in [0.25, 0.3) is 0 Å². The highest BCUT2D eigenvalue weighted by Crippen LogP contribution is 2.36. The lowest BCUT2D eigenvalue weighted by atomic mass is 9.82. The molecule has 7 rings (SSSR count). The van der Waals surface area contributed by atoms with E-state index in [0.29, 0.717) is 5.92 Å². The molecule has 5 aromatic carbocycles. The van der Waals surface area contributed by atoms with E-state index in [4.69, 9.17) is 0 Å². The van der Waals surface area contributed by atoms with E-state index in [-0.39, 0.29) is 5.41 Å². The van der Waals surface area contributed by atoms with Crippen molar-refractivity contribution in [1.82, 2.24) is 0 Å². The van der Waals surface area contributed by atoms with Gasteiger partial charge in [-0.05, 0) is 120 Å². The molecule has 0 radical (unpaired) electrons. The Morgan fingerprint density at radius 1 is 0.653 bits per heavy atom. The Balaban J connectivity index is 0.00000205. The summed E-state index contributed by atoms with van der Waals surface area (Å²) in [6, 6.07) is 34.1. The second-order valence-corrected chi connectivity index (χ2v) is 14.0. The van der Waals surface area contributed by atoms with Crippen LogP contribution in [0.25, 0.3) is 62.9 Å². The van der Waals surface area contributed by atoms with Gasteiger partial charge in [-0.2, -0.15) is 0 Å². The minimum Gasteiger partial charge on any atom is -0.0990 e. The monoisotopic (exact) mass is 638 g/mol. The van der Waals surface area contributed by atoms with Crippen LogP contribution in [-0.4, -0.2) is 0 Å². The summed E-state index contributed by atoms with van der Waals surface area (Å²) >= 11 is 0. The number of fused-ring (bicyclic) bond motifs is 3. The molecular weight excluding hydrogens is 589 g/mol. The molecular formula is C49H50. The highest BCUT2D eigenvalue weighted by Gasteiger charge is 2.18. The lowest BCUT2D eigenvalue weighted by Gasteiger charge is -2.23. The average Bonchev–Trinajstić information content (AvgIpc) is 3.15. The zero-order valence-electron chi connectivity index (χ0n) is 30.2. The first-order chi connectivity index (χ1) is 23.8. The van der Waals surface area contributed by atoms with E-state index in [1.807, 2.05) is 19.9 Å². The second kappa shape index (κ2) is 14.7. The maximum atomic E-state index is 4.02. The molecule has 0 amide bonds. The number of benzene rings is 5. The van der Waals surface area contributed by atoms with Gasteiger partial charge in [-0.25, -0.2) is 0 Å². The number of allylic oxidation sites excluding steroid dienone is 5. The van der Waals surface area contributed by atoms with Crippen molar-refractivity contribution in [1.29, 1.82) is 0 Å². The largest absolute Gasteiger partial charge is 0.0990 e. The van der Waals surface area contributed by atoms with E-state index in [1.54, 1.807) is 0 Å². The van der Waals surface area contributed by atoms with Gasteiger partial charge in [0, 0.05) is 5.92 Å². The topological polar surface area (TPSA) is 0 Å². The smallest absolute Gasteiger partial charge is 0.00561 e. The molecule has 246 valence electrons. The molecule has 0 heteroatoms. The minimum absolute atomic E-state index is 0.0478. The van der Waals surface area contributed by atoms with E-state index in [9.17, 15) is 0 Å². The van der Waals surface area contributed by atoms with Crippen LogP contribution < -0.4 is 20.9 Å². The van der Waals surface area contributed by atoms with Crippen LogP contribution in [0.5, 0.6) is 0 Å². The van der Waals surface area contributed by atoms with Crippen molar-refractivity contribution in [2.45, 2.75) is 72.1 Å². The first kappa shape index (κ1) is 33.9. The third-order valence-corrected chi connectivity index (χ3v) is 9.92. The van der Waals surface area contributed by atoms with Crippen LogP contribution in [0.4, 0.5) is 0 Å². The Bertz CT molecular complexity index is 2300. The zero-order valence-corrected chi connectivity index (χ0v) is 30.2. The molecule has 49 heavy (non-hydrogen) atoms. The molecule has 5 aromatic rings. The zero-order chi connectivity index (χ0) is 34.5. The number of hydrogen-bond acceptors (Lipinski definition) is 0. The predicted molar refractivity (Wildman–Crippen MR) is 217 cm³/mol. The highest BCUT2D eigenvalue weighted by molar-refractivity contribution is 5.90. The van der Waals surface area contributed by atoms with Gasteiger partial charge in [-0.15, -0.1) is 0 Å². The summed E-state index contributed by atoms with van der Waals surface area (Å²) in [6.07, 6.45) is 21.5. The lowest BCUT2D eigenvalue weighted by molar-refractivity contribution is 0.590. The third kappa shape index (κ3) is 6.97. The molecule has 1 atom stereocenters. The summed E-state index contributed by atoms with van der Waals surface area (Å²) in [5, 5.41) is 7.91. The van der Waals surface area contributed by atoms with Crippen molar-refractivity contribution in [2.24, 2.45) is 0 Å². The average molecular weight is 639 g/mol. The normalized spacial score (nSPS) is 16.2. The molecule has 0 saturated heterocycles. The van der Waals surface area contributed by atoms with Gasteiger partial charge in [0.05, 0.1) is 0 Å². The fraction of sp³-hybridized carbons (Fsp3) is 0.224. The van der Waals surface area contributed by atoms with Crippen LogP contribution >= 0.6 is 0 Å². The summed E-state index contributed by atoms with van der Waals surface area (Å²) in [5.74, 6) is 0.438. The highest BCUT2D eigenvalue weighted by atomic mass is 14.2. The molecule has 0 spiro atoms. The second-order valence-electron chi connectivity index (χ2n) is 14.0. The maximum Gasteiger partial charge on any atom is 0.00561 e. The number of hydrogen-bond donors (Lipinski definition) is 0. The van der Waals surface area contributed by atoms with Crippen molar-refractivity contribution in [3.05, 3.63) is 159 Å². The molecule has 2 aliphatic rings. The minimum atomic E-state index is 0.0478. The van der Waals surface area contributed by atoms with Gasteiger partial charge in [-0.3, -0.25) is 0 Å². The van der Waals surface area contributed by atoms with Crippen LogP contribution in [-0.2, 0) is 5.41 Å². The quantitative estimate of drug-likeness (QED) is 0.180. The van der Waals surface area contributed by atoms with Gasteiger partial charge in [-0.1, -0.05) is 169 Å². The van der Waals surface area contributed by atoms with Crippen LogP contribution in [0.2, 0.25) is 0 Å². The van der Waals surface area contributed by atoms with Gasteiger partial charge >= 0.3 is 0 Å². The van der Waals surface area contributed by atoms with E-state index >= 15 is 0 Å². The fourth-order valence-corrected chi connectivity index (χ4v) is 7.30. The standard InChI is InChI=1S/C47H44.C2H6/c1-6-13-42-41(7-2)43-16-11-12-17-44(43)46-31-37(26-27-45(42)46)34-20-24-36(25-21-34)39-28-38(29-40(30-39)47(3,4)5)35-22-18-33(19-23-35)32-14-9-8-10-15-32;1-2/h6-10,13-18,20-31,33H,1,11-12,19H2,2-5H3;1-2H3/b41-7+,42-13+;. The summed E-state index contributed by atoms with van der Waals surface area (Å²) < 4.78 is 0. The Labute approximate surface area is 293 Å². The summed E-state index contributed by atoms with van der Waals surface area (Å²) in [5.41, 5.74) is 10.4. The Kier molecular flexibility index (Phi) is 10.2. The molecule has 2 aliphatic carbocycles. The van der Waals surface area contributed by atoms with Crippen molar-refractivity contribution >= 4 is 40.6 Å². The summed E-state index contributed by atoms with van der Waals surface area (Å²) in [6.45, 7) is 17.1. The Hall–Kier alpha value is -4.94. The van der Waals surface area contributed by atoms with E-state index in [2.05, 4.69) is 168 Å². The molecule has 0 aliphatic heterocycles. The van der Waals surface area contributed by atoms with Crippen molar-refractivity contribution in [3.8, 4) is 22.3 Å². The molecule has 0 fully saturated rings. The fourth-order valence-electron chi connectivity index (χ4n) is 7.30. The third-order valence-electron chi connectivity index (χ3n) is 9.92. The molecule has 0 aromatic heterocycles. The van der Waals surface area contributed by atoms with Crippen molar-refractivity contribution < 1.29 is 0 Å². The first-order valence-corrected chi connectivity index (χ1v) is 18.1. The van der Waals surface area contributed by atoms with Gasteiger partial charge < -0.3 is 0 Å². The predicted octanol–water partition coefficient (Wildman–Crippen LogP) is 10.7. The molecule has 0 nitrogen and oxygen atoms in total. The first-order valence-electron chi connectivity index (χ1n) is 18.1. The molecule has 1 unspecified atom stereocenters. The number of rotatable bonds is 5. The summed E-state index contributed by atoms with van der Waals surface area (Å²) in [7, 11) is 0. The van der Waals surface area contributed by atoms with E-state index in [0.717, 1.165) is 19.3 Å². The van der Waals surface area contributed by atoms with Crippen LogP contribution in [0, 0.1) is 0 Å². The SMILES string of the molecule is C=C/C=c1\c(=C/C)c2c(c3cc(-c4ccc(-c5cc(C6=CCC(c7ccccc7)C=C6)cc(C(C)(C)C)c5)cc4)ccc13)=CCCC=2.CC. The van der Waals surface area contributed by atoms with Crippen LogP contribution in [0.3, 0.4) is 0 Å². The van der Waals surface area contributed by atoms with E-state index in [1.165, 1.54) is 76.2 Å². The van der Waals surface area contributed by atoms with Gasteiger partial charge in [0.2, 0.25) is 0 Å². The molecule has 0 N–H and O–H groups in total. The van der Waals surface area contributed by atoms with Crippen molar-refractivity contribution in [2.75, 3.05) is 0 Å². The van der Waals surface area contributed by atoms with Crippen LogP contribution in [0.1, 0.15) is 83.4 Å². The van der Waals surface area contributed by atoms with Gasteiger partial charge in [0.1, 0.15) is 0 Å². The lowest BCUT2D eigenvalue weighted by Crippen LogP contribution is -2.49. The molecule has 0 heterocycles. The molecule has 0 saturated carbocycles. The maximum absolute atomic E-state index is 4.02. The van der Waals surface area contributed by atoms with Gasteiger partial charge in [0.15, 0.2) is 0 Å². The van der Waals surface area contributed by atoms with Crippen LogP contribution in [0.15, 0.2) is 122 Å².